The summed E-state index contributed by atoms with van der Waals surface area (Å²) in [6.45, 7) is 5.41. The van der Waals surface area contributed by atoms with Gasteiger partial charge in [-0.05, 0) is 43.7 Å². The lowest BCUT2D eigenvalue weighted by atomic mass is 9.84. The Balaban J connectivity index is 1.26. The molecule has 0 amide bonds. The van der Waals surface area contributed by atoms with Crippen molar-refractivity contribution >= 4 is 5.95 Å². The highest BCUT2D eigenvalue weighted by Gasteiger charge is 2.32. The van der Waals surface area contributed by atoms with Gasteiger partial charge in [0.2, 0.25) is 5.95 Å². The molecule has 26 heavy (non-hydrogen) atoms. The van der Waals surface area contributed by atoms with Gasteiger partial charge in [-0.2, -0.15) is 0 Å². The van der Waals surface area contributed by atoms with Crippen LogP contribution in [0.25, 0.3) is 0 Å². The van der Waals surface area contributed by atoms with Crippen molar-refractivity contribution in [1.82, 2.24) is 24.8 Å². The predicted molar refractivity (Wildman–Crippen MR) is 98.9 cm³/mol. The van der Waals surface area contributed by atoms with Crippen molar-refractivity contribution in [2.45, 2.75) is 25.8 Å². The van der Waals surface area contributed by atoms with Gasteiger partial charge in [0.25, 0.3) is 0 Å². The van der Waals surface area contributed by atoms with Crippen molar-refractivity contribution in [3.8, 4) is 6.01 Å². The normalized spacial score (nSPS) is 21.9. The highest BCUT2D eigenvalue weighted by Crippen LogP contribution is 2.33. The Bertz CT molecular complexity index is 687. The first-order valence-electron chi connectivity index (χ1n) is 9.41. The summed E-state index contributed by atoms with van der Waals surface area (Å²) < 4.78 is 5.03. The molecule has 0 aliphatic carbocycles. The van der Waals surface area contributed by atoms with Gasteiger partial charge in [-0.1, -0.05) is 0 Å². The first kappa shape index (κ1) is 17.1. The van der Waals surface area contributed by atoms with E-state index in [4.69, 9.17) is 4.74 Å². The van der Waals surface area contributed by atoms with Crippen LogP contribution < -0.4 is 9.64 Å². The molecule has 0 N–H and O–H groups in total. The average Bonchev–Trinajstić information content (AvgIpc) is 3.18. The molecule has 138 valence electrons. The van der Waals surface area contributed by atoms with E-state index in [1.165, 1.54) is 32.4 Å². The fourth-order valence-electron chi connectivity index (χ4n) is 4.20. The summed E-state index contributed by atoms with van der Waals surface area (Å²) in [5, 5.41) is 0. The second-order valence-corrected chi connectivity index (χ2v) is 7.24. The van der Waals surface area contributed by atoms with E-state index in [9.17, 15) is 0 Å². The Morgan fingerprint density at radius 1 is 0.962 bits per heavy atom. The molecular weight excluding hydrogens is 328 g/mol. The van der Waals surface area contributed by atoms with Crippen LogP contribution in [-0.2, 0) is 6.54 Å². The molecule has 0 saturated carbocycles. The molecule has 2 aromatic heterocycles. The highest BCUT2D eigenvalue weighted by atomic mass is 16.5. The number of likely N-dealkylation sites (tertiary alicyclic amines) is 1. The zero-order valence-electron chi connectivity index (χ0n) is 15.3. The third kappa shape index (κ3) is 3.93. The summed E-state index contributed by atoms with van der Waals surface area (Å²) >= 11 is 0. The second-order valence-electron chi connectivity index (χ2n) is 7.24. The number of nitrogens with zero attached hydrogens (tertiary/aromatic N) is 6. The van der Waals surface area contributed by atoms with Gasteiger partial charge < -0.3 is 9.64 Å². The smallest absolute Gasteiger partial charge is 0.316 e. The second kappa shape index (κ2) is 7.95. The molecule has 2 saturated heterocycles. The van der Waals surface area contributed by atoms with Crippen molar-refractivity contribution in [2.24, 2.45) is 11.8 Å². The maximum Gasteiger partial charge on any atom is 0.316 e. The third-order valence-corrected chi connectivity index (χ3v) is 5.62. The van der Waals surface area contributed by atoms with Gasteiger partial charge >= 0.3 is 6.01 Å². The van der Waals surface area contributed by atoms with E-state index in [0.29, 0.717) is 6.01 Å². The molecule has 7 nitrogen and oxygen atoms in total. The molecule has 4 rings (SSSR count). The Labute approximate surface area is 154 Å². The predicted octanol–water partition coefficient (Wildman–Crippen LogP) is 2.01. The summed E-state index contributed by atoms with van der Waals surface area (Å²) in [6.07, 6.45) is 11.2. The molecule has 2 aromatic rings. The van der Waals surface area contributed by atoms with Gasteiger partial charge in [0, 0.05) is 56.5 Å². The maximum atomic E-state index is 5.03. The molecule has 0 aromatic carbocycles. The topological polar surface area (TPSA) is 67.3 Å². The van der Waals surface area contributed by atoms with Crippen LogP contribution in [0.4, 0.5) is 5.95 Å². The molecule has 0 bridgehead atoms. The molecule has 2 fully saturated rings. The minimum Gasteiger partial charge on any atom is -0.467 e. The van der Waals surface area contributed by atoms with Crippen molar-refractivity contribution < 1.29 is 4.74 Å². The first-order valence-corrected chi connectivity index (χ1v) is 9.41. The fraction of sp³-hybridized carbons (Fsp3) is 0.579. The number of rotatable bonds is 5. The summed E-state index contributed by atoms with van der Waals surface area (Å²) in [5.74, 6) is 2.48. The van der Waals surface area contributed by atoms with Gasteiger partial charge in [0.15, 0.2) is 0 Å². The zero-order chi connectivity index (χ0) is 17.8. The van der Waals surface area contributed by atoms with Crippen molar-refractivity contribution in [2.75, 3.05) is 38.2 Å². The standard InChI is InChI=1S/C19H26N6O/c1-26-19-22-11-15(12-23-19)13-24-8-3-17(14-24)16-4-9-25(10-5-16)18-20-6-2-7-21-18/h2,6-7,11-12,16-17H,3-5,8-10,13-14H2,1H3. The summed E-state index contributed by atoms with van der Waals surface area (Å²) in [6, 6.07) is 2.30. The molecule has 0 radical (unpaired) electrons. The average molecular weight is 354 g/mol. The Morgan fingerprint density at radius 3 is 2.35 bits per heavy atom. The summed E-state index contributed by atoms with van der Waals surface area (Å²) in [5.41, 5.74) is 1.16. The summed E-state index contributed by atoms with van der Waals surface area (Å²) in [4.78, 5) is 22.0. The molecule has 7 heteroatoms. The van der Waals surface area contributed by atoms with Crippen LogP contribution in [-0.4, -0.2) is 58.1 Å². The van der Waals surface area contributed by atoms with Gasteiger partial charge in [-0.3, -0.25) is 4.90 Å². The van der Waals surface area contributed by atoms with Crippen LogP contribution in [0.15, 0.2) is 30.9 Å². The van der Waals surface area contributed by atoms with E-state index in [-0.39, 0.29) is 0 Å². The molecule has 0 spiro atoms. The Morgan fingerprint density at radius 2 is 1.65 bits per heavy atom. The number of methoxy groups -OCH3 is 1. The van der Waals surface area contributed by atoms with E-state index in [1.807, 2.05) is 30.9 Å². The summed E-state index contributed by atoms with van der Waals surface area (Å²) in [7, 11) is 1.59. The number of ether oxygens (including phenoxy) is 1. The van der Waals surface area contributed by atoms with E-state index in [0.717, 1.165) is 43.0 Å². The molecule has 1 atom stereocenters. The number of aromatic nitrogens is 4. The van der Waals surface area contributed by atoms with Crippen molar-refractivity contribution in [3.63, 3.8) is 0 Å². The maximum absolute atomic E-state index is 5.03. The highest BCUT2D eigenvalue weighted by molar-refractivity contribution is 5.28. The number of piperidine rings is 1. The molecular formula is C19H26N6O. The van der Waals surface area contributed by atoms with Crippen LogP contribution in [0.2, 0.25) is 0 Å². The lowest BCUT2D eigenvalue weighted by molar-refractivity contribution is 0.251. The number of anilines is 1. The lowest BCUT2D eigenvalue weighted by Gasteiger charge is -2.34. The van der Waals surface area contributed by atoms with Crippen LogP contribution in [0.1, 0.15) is 24.8 Å². The van der Waals surface area contributed by atoms with Crippen LogP contribution in [0.3, 0.4) is 0 Å². The van der Waals surface area contributed by atoms with Crippen LogP contribution in [0.5, 0.6) is 6.01 Å². The van der Waals surface area contributed by atoms with Crippen LogP contribution in [0, 0.1) is 11.8 Å². The third-order valence-electron chi connectivity index (χ3n) is 5.62. The van der Waals surface area contributed by atoms with E-state index >= 15 is 0 Å². The van der Waals surface area contributed by atoms with Gasteiger partial charge in [0.1, 0.15) is 0 Å². The van der Waals surface area contributed by atoms with E-state index < -0.39 is 0 Å². The molecule has 2 aliphatic rings. The lowest BCUT2D eigenvalue weighted by Crippen LogP contribution is -2.37. The Kier molecular flexibility index (Phi) is 5.24. The molecule has 4 heterocycles. The van der Waals surface area contributed by atoms with E-state index in [1.54, 1.807) is 7.11 Å². The fourth-order valence-corrected chi connectivity index (χ4v) is 4.20. The largest absolute Gasteiger partial charge is 0.467 e. The zero-order valence-corrected chi connectivity index (χ0v) is 15.3. The van der Waals surface area contributed by atoms with Crippen molar-refractivity contribution in [1.29, 1.82) is 0 Å². The quantitative estimate of drug-likeness (QED) is 0.813. The monoisotopic (exact) mass is 354 g/mol. The van der Waals surface area contributed by atoms with Crippen molar-refractivity contribution in [3.05, 3.63) is 36.4 Å². The molecule has 2 aliphatic heterocycles. The van der Waals surface area contributed by atoms with Gasteiger partial charge in [-0.25, -0.2) is 19.9 Å². The van der Waals surface area contributed by atoms with E-state index in [2.05, 4.69) is 29.7 Å². The van der Waals surface area contributed by atoms with Crippen LogP contribution >= 0.6 is 0 Å². The Hall–Kier alpha value is -2.28. The number of hydrogen-bond donors (Lipinski definition) is 0. The minimum absolute atomic E-state index is 0.433. The SMILES string of the molecule is COc1ncc(CN2CCC(C3CCN(c4ncccn4)CC3)C2)cn1. The number of hydrogen-bond acceptors (Lipinski definition) is 7. The first-order chi connectivity index (χ1) is 12.8. The van der Waals surface area contributed by atoms with Gasteiger partial charge in [-0.15, -0.1) is 0 Å². The molecule has 1 unspecified atom stereocenters. The minimum atomic E-state index is 0.433. The van der Waals surface area contributed by atoms with Gasteiger partial charge in [0.05, 0.1) is 7.11 Å².